The number of hydrogen-bond donors (Lipinski definition) is 1. The van der Waals surface area contributed by atoms with Crippen molar-refractivity contribution in [1.29, 1.82) is 0 Å². The summed E-state index contributed by atoms with van der Waals surface area (Å²) in [5, 5.41) is 2.95. The van der Waals surface area contributed by atoms with Crippen LogP contribution in [0.3, 0.4) is 0 Å². The van der Waals surface area contributed by atoms with E-state index in [1.165, 1.54) is 6.07 Å². The van der Waals surface area contributed by atoms with Gasteiger partial charge in [0.2, 0.25) is 0 Å². The minimum absolute atomic E-state index is 0.131. The molecule has 0 fully saturated rings. The molecule has 0 spiro atoms. The Bertz CT molecular complexity index is 429. The van der Waals surface area contributed by atoms with Crippen molar-refractivity contribution in [2.75, 3.05) is 6.54 Å². The van der Waals surface area contributed by atoms with Crippen molar-refractivity contribution < 1.29 is 13.9 Å². The van der Waals surface area contributed by atoms with Crippen LogP contribution >= 0.6 is 15.9 Å². The van der Waals surface area contributed by atoms with Gasteiger partial charge in [-0.25, -0.2) is 4.39 Å². The van der Waals surface area contributed by atoms with Crippen LogP contribution in [0.15, 0.2) is 22.7 Å². The van der Waals surface area contributed by atoms with Crippen molar-refractivity contribution in [3.63, 3.8) is 0 Å². The summed E-state index contributed by atoms with van der Waals surface area (Å²) in [6.45, 7) is 6.08. The lowest BCUT2D eigenvalue weighted by Crippen LogP contribution is -2.31. The first-order chi connectivity index (χ1) is 8.28. The molecule has 1 rings (SSSR count). The van der Waals surface area contributed by atoms with Crippen LogP contribution in [0, 0.1) is 5.82 Å². The highest BCUT2D eigenvalue weighted by Gasteiger charge is 2.15. The van der Waals surface area contributed by atoms with Gasteiger partial charge in [-0.1, -0.05) is 6.07 Å². The summed E-state index contributed by atoms with van der Waals surface area (Å²) in [5.41, 5.74) is 0.421. The first-order valence-corrected chi connectivity index (χ1v) is 6.44. The molecule has 0 aromatic heterocycles. The molecule has 0 unspecified atom stereocenters. The zero-order valence-corrected chi connectivity index (χ0v) is 12.3. The van der Waals surface area contributed by atoms with Crippen molar-refractivity contribution in [3.05, 3.63) is 34.1 Å². The van der Waals surface area contributed by atoms with E-state index in [1.807, 2.05) is 20.8 Å². The molecule has 3 nitrogen and oxygen atoms in total. The summed E-state index contributed by atoms with van der Waals surface area (Å²) in [6.07, 6.45) is 0. The second-order valence-electron chi connectivity index (χ2n) is 4.94. The second-order valence-corrected chi connectivity index (χ2v) is 5.79. The number of hydrogen-bond acceptors (Lipinski definition) is 3. The van der Waals surface area contributed by atoms with Crippen LogP contribution in [0.5, 0.6) is 0 Å². The van der Waals surface area contributed by atoms with Crippen LogP contribution in [0.4, 0.5) is 4.39 Å². The predicted octanol–water partition coefficient (Wildman–Crippen LogP) is 3.02. The summed E-state index contributed by atoms with van der Waals surface area (Å²) in [6, 6.07) is 4.73. The summed E-state index contributed by atoms with van der Waals surface area (Å²) in [5.74, 6) is -0.602. The average Bonchev–Trinajstić information content (AvgIpc) is 2.20. The van der Waals surface area contributed by atoms with E-state index in [0.29, 0.717) is 11.0 Å². The van der Waals surface area contributed by atoms with Gasteiger partial charge in [-0.15, -0.1) is 0 Å². The van der Waals surface area contributed by atoms with Crippen LogP contribution in [0.25, 0.3) is 0 Å². The molecule has 0 amide bonds. The van der Waals surface area contributed by atoms with Gasteiger partial charge in [0.25, 0.3) is 0 Å². The standard InChI is InChI=1S/C13H17BrFNO2/c1-13(2,3)18-12(17)8-16-7-9-4-5-11(15)10(14)6-9/h4-6,16H,7-8H2,1-3H3. The monoisotopic (exact) mass is 317 g/mol. The van der Waals surface area contributed by atoms with Gasteiger partial charge < -0.3 is 10.1 Å². The number of ether oxygens (including phenoxy) is 1. The highest BCUT2D eigenvalue weighted by molar-refractivity contribution is 9.10. The van der Waals surface area contributed by atoms with Crippen LogP contribution in [-0.2, 0) is 16.1 Å². The fourth-order valence-corrected chi connectivity index (χ4v) is 1.76. The Morgan fingerprint density at radius 3 is 2.67 bits per heavy atom. The third-order valence-electron chi connectivity index (χ3n) is 2.00. The largest absolute Gasteiger partial charge is 0.459 e. The predicted molar refractivity (Wildman–Crippen MR) is 71.7 cm³/mol. The Morgan fingerprint density at radius 1 is 1.44 bits per heavy atom. The highest BCUT2D eigenvalue weighted by Crippen LogP contribution is 2.16. The van der Waals surface area contributed by atoms with Gasteiger partial charge in [0.05, 0.1) is 11.0 Å². The van der Waals surface area contributed by atoms with E-state index in [2.05, 4.69) is 21.2 Å². The van der Waals surface area contributed by atoms with Crippen molar-refractivity contribution in [3.8, 4) is 0 Å². The SMILES string of the molecule is CC(C)(C)OC(=O)CNCc1ccc(F)c(Br)c1. The van der Waals surface area contributed by atoms with Crippen molar-refractivity contribution in [2.45, 2.75) is 32.9 Å². The van der Waals surface area contributed by atoms with Gasteiger partial charge in [-0.05, 0) is 54.4 Å². The highest BCUT2D eigenvalue weighted by atomic mass is 79.9. The summed E-state index contributed by atoms with van der Waals surface area (Å²) >= 11 is 3.11. The Labute approximate surface area is 115 Å². The number of rotatable bonds is 4. The zero-order chi connectivity index (χ0) is 13.8. The molecule has 0 radical (unpaired) electrons. The molecule has 1 N–H and O–H groups in total. The van der Waals surface area contributed by atoms with E-state index in [9.17, 15) is 9.18 Å². The third kappa shape index (κ3) is 5.60. The fraction of sp³-hybridized carbons (Fsp3) is 0.462. The van der Waals surface area contributed by atoms with Gasteiger partial charge in [0.15, 0.2) is 0 Å². The van der Waals surface area contributed by atoms with E-state index < -0.39 is 5.60 Å². The molecule has 0 aliphatic heterocycles. The molecule has 0 saturated heterocycles. The van der Waals surface area contributed by atoms with Gasteiger partial charge in [0, 0.05) is 6.54 Å². The maximum absolute atomic E-state index is 13.0. The van der Waals surface area contributed by atoms with Crippen LogP contribution in [0.2, 0.25) is 0 Å². The number of esters is 1. The number of benzene rings is 1. The van der Waals surface area contributed by atoms with Gasteiger partial charge >= 0.3 is 5.97 Å². The molecule has 5 heteroatoms. The lowest BCUT2D eigenvalue weighted by atomic mass is 10.2. The van der Waals surface area contributed by atoms with E-state index in [0.717, 1.165) is 5.56 Å². The van der Waals surface area contributed by atoms with Gasteiger partial charge in [0.1, 0.15) is 11.4 Å². The van der Waals surface area contributed by atoms with Crippen LogP contribution in [-0.4, -0.2) is 18.1 Å². The molecular formula is C13H17BrFNO2. The van der Waals surface area contributed by atoms with E-state index in [1.54, 1.807) is 12.1 Å². The Morgan fingerprint density at radius 2 is 2.11 bits per heavy atom. The third-order valence-corrected chi connectivity index (χ3v) is 2.61. The van der Waals surface area contributed by atoms with Crippen molar-refractivity contribution in [2.24, 2.45) is 0 Å². The molecule has 1 aromatic carbocycles. The second kappa shape index (κ2) is 6.29. The lowest BCUT2D eigenvalue weighted by Gasteiger charge is -2.19. The molecule has 0 bridgehead atoms. The van der Waals surface area contributed by atoms with E-state index in [-0.39, 0.29) is 18.3 Å². The Kier molecular flexibility index (Phi) is 5.28. The fourth-order valence-electron chi connectivity index (χ4n) is 1.34. The zero-order valence-electron chi connectivity index (χ0n) is 10.7. The van der Waals surface area contributed by atoms with Crippen molar-refractivity contribution in [1.82, 2.24) is 5.32 Å². The lowest BCUT2D eigenvalue weighted by molar-refractivity contribution is -0.153. The van der Waals surface area contributed by atoms with Crippen molar-refractivity contribution >= 4 is 21.9 Å². The molecule has 0 saturated carbocycles. The molecule has 0 aliphatic carbocycles. The summed E-state index contributed by atoms with van der Waals surface area (Å²) in [4.78, 5) is 11.4. The average molecular weight is 318 g/mol. The van der Waals surface area contributed by atoms with E-state index >= 15 is 0 Å². The topological polar surface area (TPSA) is 38.3 Å². The molecule has 0 aliphatic rings. The molecule has 18 heavy (non-hydrogen) atoms. The summed E-state index contributed by atoms with van der Waals surface area (Å²) < 4.78 is 18.6. The summed E-state index contributed by atoms with van der Waals surface area (Å²) in [7, 11) is 0. The van der Waals surface area contributed by atoms with E-state index in [4.69, 9.17) is 4.74 Å². The van der Waals surface area contributed by atoms with Gasteiger partial charge in [-0.3, -0.25) is 4.79 Å². The maximum Gasteiger partial charge on any atom is 0.320 e. The quantitative estimate of drug-likeness (QED) is 0.867. The normalized spacial score (nSPS) is 11.4. The molecule has 0 atom stereocenters. The molecular weight excluding hydrogens is 301 g/mol. The Hall–Kier alpha value is -0.940. The van der Waals surface area contributed by atoms with Crippen LogP contribution < -0.4 is 5.32 Å². The minimum atomic E-state index is -0.475. The first kappa shape index (κ1) is 15.1. The number of carbonyl (C=O) groups is 1. The molecule has 100 valence electrons. The minimum Gasteiger partial charge on any atom is -0.459 e. The first-order valence-electron chi connectivity index (χ1n) is 5.64. The molecule has 0 heterocycles. The number of halogens is 2. The smallest absolute Gasteiger partial charge is 0.320 e. The van der Waals surface area contributed by atoms with Gasteiger partial charge in [-0.2, -0.15) is 0 Å². The van der Waals surface area contributed by atoms with Crippen LogP contribution in [0.1, 0.15) is 26.3 Å². The Balaban J connectivity index is 2.38. The number of carbonyl (C=O) groups excluding carboxylic acids is 1. The maximum atomic E-state index is 13.0. The molecule has 1 aromatic rings. The number of nitrogens with one attached hydrogen (secondary N) is 1.